The van der Waals surface area contributed by atoms with E-state index in [0.717, 1.165) is 4.90 Å². The molecule has 0 aromatic heterocycles. The number of anilines is 1. The zero-order valence-electron chi connectivity index (χ0n) is 9.83. The average molecular weight is 303 g/mol. The molecule has 1 aliphatic heterocycles. The highest BCUT2D eigenvalue weighted by molar-refractivity contribution is 5.52. The zero-order chi connectivity index (χ0) is 15.1. The molecule has 0 spiro atoms. The van der Waals surface area contributed by atoms with Crippen LogP contribution in [0.15, 0.2) is 0 Å². The van der Waals surface area contributed by atoms with Crippen molar-refractivity contribution in [1.29, 1.82) is 0 Å². The molecular weight excluding hydrogens is 295 g/mol. The summed E-state index contributed by atoms with van der Waals surface area (Å²) < 4.78 is 96.2. The lowest BCUT2D eigenvalue weighted by Crippen LogP contribution is -2.38. The Morgan fingerprint density at radius 3 is 1.65 bits per heavy atom. The van der Waals surface area contributed by atoms with Gasteiger partial charge in [-0.05, 0) is 0 Å². The van der Waals surface area contributed by atoms with E-state index in [1.54, 1.807) is 0 Å². The molecular formula is C11H8F7NO. The van der Waals surface area contributed by atoms with Crippen LogP contribution in [0.25, 0.3) is 0 Å². The van der Waals surface area contributed by atoms with E-state index in [1.165, 1.54) is 0 Å². The SMILES string of the molecule is Fc1c(F)c(C(F)(F)F)c(F)c(F)c1N1CCOCC1. The number of alkyl halides is 3. The molecule has 1 aliphatic rings. The van der Waals surface area contributed by atoms with Crippen LogP contribution in [0.5, 0.6) is 0 Å². The number of rotatable bonds is 1. The summed E-state index contributed by atoms with van der Waals surface area (Å²) in [5.41, 5.74) is -3.71. The maximum Gasteiger partial charge on any atom is 0.422 e. The minimum Gasteiger partial charge on any atom is -0.378 e. The quantitative estimate of drug-likeness (QED) is 0.584. The number of hydrogen-bond acceptors (Lipinski definition) is 2. The highest BCUT2D eigenvalue weighted by atomic mass is 19.4. The molecule has 0 unspecified atom stereocenters. The second-order valence-electron chi connectivity index (χ2n) is 4.08. The molecule has 0 bridgehead atoms. The van der Waals surface area contributed by atoms with E-state index in [4.69, 9.17) is 4.74 Å². The van der Waals surface area contributed by atoms with Crippen LogP contribution in [-0.4, -0.2) is 26.3 Å². The molecule has 0 atom stereocenters. The van der Waals surface area contributed by atoms with Crippen LogP contribution in [0.4, 0.5) is 36.4 Å². The number of nitrogens with zero attached hydrogens (tertiary/aromatic N) is 1. The van der Waals surface area contributed by atoms with Gasteiger partial charge in [-0.25, -0.2) is 17.6 Å². The Hall–Kier alpha value is -1.51. The van der Waals surface area contributed by atoms with Gasteiger partial charge in [-0.1, -0.05) is 0 Å². The van der Waals surface area contributed by atoms with Crippen molar-refractivity contribution in [1.82, 2.24) is 0 Å². The molecule has 0 radical (unpaired) electrons. The molecule has 0 amide bonds. The lowest BCUT2D eigenvalue weighted by atomic mass is 10.1. The first-order valence-corrected chi connectivity index (χ1v) is 5.51. The molecule has 1 saturated heterocycles. The van der Waals surface area contributed by atoms with Gasteiger partial charge >= 0.3 is 6.18 Å². The highest BCUT2D eigenvalue weighted by Gasteiger charge is 2.43. The van der Waals surface area contributed by atoms with Gasteiger partial charge < -0.3 is 9.64 Å². The summed E-state index contributed by atoms with van der Waals surface area (Å²) in [7, 11) is 0. The van der Waals surface area contributed by atoms with Crippen molar-refractivity contribution >= 4 is 5.69 Å². The standard InChI is InChI=1S/C11H8F7NO/c12-6-5(11(16,17)18)7(13)9(15)10(8(6)14)19-1-3-20-4-2-19/h1-4H2. The molecule has 112 valence electrons. The van der Waals surface area contributed by atoms with Gasteiger partial charge in [0.1, 0.15) is 11.3 Å². The van der Waals surface area contributed by atoms with Crippen molar-refractivity contribution in [2.45, 2.75) is 6.18 Å². The Bertz CT molecular complexity index is 493. The summed E-state index contributed by atoms with van der Waals surface area (Å²) in [5.74, 6) is -9.01. The Balaban J connectivity index is 2.61. The van der Waals surface area contributed by atoms with Gasteiger partial charge in [-0.3, -0.25) is 0 Å². The van der Waals surface area contributed by atoms with E-state index < -0.39 is 40.7 Å². The van der Waals surface area contributed by atoms with Crippen LogP contribution in [0.3, 0.4) is 0 Å². The van der Waals surface area contributed by atoms with E-state index in [0.29, 0.717) is 0 Å². The van der Waals surface area contributed by atoms with Crippen LogP contribution in [-0.2, 0) is 10.9 Å². The lowest BCUT2D eigenvalue weighted by molar-refractivity contribution is -0.143. The molecule has 0 aliphatic carbocycles. The molecule has 2 rings (SSSR count). The van der Waals surface area contributed by atoms with Crippen LogP contribution < -0.4 is 4.90 Å². The monoisotopic (exact) mass is 303 g/mol. The molecule has 0 saturated carbocycles. The first-order chi connectivity index (χ1) is 9.25. The maximum absolute atomic E-state index is 13.7. The second kappa shape index (κ2) is 5.12. The van der Waals surface area contributed by atoms with Gasteiger partial charge in [0.15, 0.2) is 23.3 Å². The fourth-order valence-electron chi connectivity index (χ4n) is 1.93. The van der Waals surface area contributed by atoms with Crippen molar-refractivity contribution < 1.29 is 35.5 Å². The summed E-state index contributed by atoms with van der Waals surface area (Å²) >= 11 is 0. The Morgan fingerprint density at radius 1 is 0.800 bits per heavy atom. The summed E-state index contributed by atoms with van der Waals surface area (Å²) in [6, 6.07) is 0. The minimum absolute atomic E-state index is 0.0448. The fraction of sp³-hybridized carbons (Fsp3) is 0.455. The van der Waals surface area contributed by atoms with Crippen LogP contribution in [0.1, 0.15) is 5.56 Å². The van der Waals surface area contributed by atoms with Crippen molar-refractivity contribution in [3.63, 3.8) is 0 Å². The Labute approximate surface area is 108 Å². The molecule has 0 N–H and O–H groups in total. The first kappa shape index (κ1) is 14.9. The van der Waals surface area contributed by atoms with E-state index in [9.17, 15) is 30.7 Å². The third-order valence-corrected chi connectivity index (χ3v) is 2.85. The van der Waals surface area contributed by atoms with Gasteiger partial charge in [0.05, 0.1) is 13.2 Å². The van der Waals surface area contributed by atoms with E-state index in [2.05, 4.69) is 0 Å². The molecule has 1 aromatic rings. The minimum atomic E-state index is -5.53. The Morgan fingerprint density at radius 2 is 1.25 bits per heavy atom. The molecule has 2 nitrogen and oxygen atoms in total. The number of morpholine rings is 1. The number of halogens is 7. The largest absolute Gasteiger partial charge is 0.422 e. The highest BCUT2D eigenvalue weighted by Crippen LogP contribution is 2.39. The number of ether oxygens (including phenoxy) is 1. The summed E-state index contributed by atoms with van der Waals surface area (Å²) in [5, 5.41) is 0. The van der Waals surface area contributed by atoms with Crippen molar-refractivity contribution in [3.8, 4) is 0 Å². The fourth-order valence-corrected chi connectivity index (χ4v) is 1.93. The topological polar surface area (TPSA) is 12.5 Å². The first-order valence-electron chi connectivity index (χ1n) is 5.51. The predicted octanol–water partition coefficient (Wildman–Crippen LogP) is 3.10. The lowest BCUT2D eigenvalue weighted by Gasteiger charge is -2.30. The van der Waals surface area contributed by atoms with Gasteiger partial charge in [-0.15, -0.1) is 0 Å². The molecule has 20 heavy (non-hydrogen) atoms. The molecule has 1 aromatic carbocycles. The number of hydrogen-bond donors (Lipinski definition) is 0. The van der Waals surface area contributed by atoms with Crippen LogP contribution in [0, 0.1) is 23.3 Å². The van der Waals surface area contributed by atoms with Crippen LogP contribution in [0.2, 0.25) is 0 Å². The van der Waals surface area contributed by atoms with Gasteiger partial charge in [0.25, 0.3) is 0 Å². The normalized spacial score (nSPS) is 16.6. The maximum atomic E-state index is 13.7. The average Bonchev–Trinajstić information content (AvgIpc) is 2.37. The van der Waals surface area contributed by atoms with Gasteiger partial charge in [0.2, 0.25) is 0 Å². The summed E-state index contributed by atoms with van der Waals surface area (Å²) in [4.78, 5) is 0.903. The molecule has 1 heterocycles. The summed E-state index contributed by atoms with van der Waals surface area (Å²) in [6.45, 7) is -0.0809. The molecule has 1 fully saturated rings. The van der Waals surface area contributed by atoms with Crippen molar-refractivity contribution in [3.05, 3.63) is 28.8 Å². The number of benzene rings is 1. The van der Waals surface area contributed by atoms with E-state index in [-0.39, 0.29) is 26.3 Å². The third-order valence-electron chi connectivity index (χ3n) is 2.85. The smallest absolute Gasteiger partial charge is 0.378 e. The van der Waals surface area contributed by atoms with Crippen molar-refractivity contribution in [2.75, 3.05) is 31.2 Å². The Kier molecular flexibility index (Phi) is 3.81. The second-order valence-corrected chi connectivity index (χ2v) is 4.08. The predicted molar refractivity (Wildman–Crippen MR) is 54.3 cm³/mol. The van der Waals surface area contributed by atoms with E-state index in [1.807, 2.05) is 0 Å². The molecule has 9 heteroatoms. The van der Waals surface area contributed by atoms with Crippen LogP contribution >= 0.6 is 0 Å². The van der Waals surface area contributed by atoms with Gasteiger partial charge in [0, 0.05) is 13.1 Å². The van der Waals surface area contributed by atoms with Crippen molar-refractivity contribution in [2.24, 2.45) is 0 Å². The third kappa shape index (κ3) is 2.41. The zero-order valence-corrected chi connectivity index (χ0v) is 9.83. The van der Waals surface area contributed by atoms with E-state index >= 15 is 0 Å². The summed E-state index contributed by atoms with van der Waals surface area (Å²) in [6.07, 6.45) is -5.53. The van der Waals surface area contributed by atoms with Gasteiger partial charge in [-0.2, -0.15) is 13.2 Å².